The molecule has 1 N–H and O–H groups in total. The van der Waals surface area contributed by atoms with Crippen LogP contribution in [0.25, 0.3) is 0 Å². The highest BCUT2D eigenvalue weighted by Gasteiger charge is 2.26. The van der Waals surface area contributed by atoms with Gasteiger partial charge in [0.15, 0.2) is 11.0 Å². The molecule has 0 saturated heterocycles. The van der Waals surface area contributed by atoms with E-state index in [1.54, 1.807) is 22.5 Å². The lowest BCUT2D eigenvalue weighted by atomic mass is 10.1. The van der Waals surface area contributed by atoms with Crippen molar-refractivity contribution < 1.29 is 18.8 Å². The van der Waals surface area contributed by atoms with Gasteiger partial charge in [-0.1, -0.05) is 23.7 Å². The Labute approximate surface area is 193 Å². The summed E-state index contributed by atoms with van der Waals surface area (Å²) in [5.74, 6) is -0.435. The highest BCUT2D eigenvalue weighted by atomic mass is 35.5. The molecular formula is C22H23ClN2O4S2. The van der Waals surface area contributed by atoms with Gasteiger partial charge in [-0.2, -0.15) is 0 Å². The number of aryl methyl sites for hydroxylation is 2. The lowest BCUT2D eigenvalue weighted by Gasteiger charge is -2.28. The van der Waals surface area contributed by atoms with Crippen LogP contribution in [0.1, 0.15) is 41.0 Å². The fourth-order valence-corrected chi connectivity index (χ4v) is 5.38. The number of carboxylic acids is 1. The average molecular weight is 479 g/mol. The van der Waals surface area contributed by atoms with E-state index in [1.807, 2.05) is 39.1 Å². The first-order valence-electron chi connectivity index (χ1n) is 9.55. The molecule has 0 spiro atoms. The van der Waals surface area contributed by atoms with Gasteiger partial charge < -0.3 is 9.84 Å². The second-order valence-electron chi connectivity index (χ2n) is 7.28. The van der Waals surface area contributed by atoms with Crippen molar-refractivity contribution in [1.29, 1.82) is 0 Å². The second-order valence-corrected chi connectivity index (χ2v) is 10.1. The maximum atomic E-state index is 13.4. The topological polar surface area (TPSA) is 79.7 Å². The van der Waals surface area contributed by atoms with Crippen LogP contribution in [-0.4, -0.2) is 26.3 Å². The predicted octanol–water partition coefficient (Wildman–Crippen LogP) is 5.63. The van der Waals surface area contributed by atoms with Crippen molar-refractivity contribution in [3.63, 3.8) is 0 Å². The predicted molar refractivity (Wildman–Crippen MR) is 125 cm³/mol. The SMILES string of the molecule is Cc1csc(S(=O)N(c2cc(Cl)c(C)cc2OCc2ccc(C(=O)O)cc2)C(C)C)n1. The molecule has 3 aromatic rings. The Kier molecular flexibility index (Phi) is 7.35. The molecular weight excluding hydrogens is 456 g/mol. The summed E-state index contributed by atoms with van der Waals surface area (Å²) in [5, 5.41) is 11.5. The van der Waals surface area contributed by atoms with Gasteiger partial charge in [0.25, 0.3) is 0 Å². The van der Waals surface area contributed by atoms with Crippen LogP contribution < -0.4 is 9.04 Å². The standard InChI is InChI=1S/C22H23ClN2O4S2/c1-13(2)25(31(28)22-24-15(4)12-30-22)19-10-18(23)14(3)9-20(19)29-11-16-5-7-17(8-6-16)21(26)27/h5-10,12-13H,11H2,1-4H3,(H,26,27). The normalized spacial score (nSPS) is 12.1. The molecule has 31 heavy (non-hydrogen) atoms. The lowest BCUT2D eigenvalue weighted by molar-refractivity contribution is 0.0697. The zero-order chi connectivity index (χ0) is 22.7. The van der Waals surface area contributed by atoms with Crippen molar-refractivity contribution in [2.75, 3.05) is 4.31 Å². The molecule has 6 nitrogen and oxygen atoms in total. The minimum atomic E-state index is -1.53. The third-order valence-corrected chi connectivity index (χ3v) is 7.71. The largest absolute Gasteiger partial charge is 0.487 e. The van der Waals surface area contributed by atoms with Crippen LogP contribution in [0.3, 0.4) is 0 Å². The molecule has 0 radical (unpaired) electrons. The van der Waals surface area contributed by atoms with Crippen molar-refractivity contribution in [1.82, 2.24) is 4.98 Å². The lowest BCUT2D eigenvalue weighted by Crippen LogP contribution is -2.33. The number of halogens is 1. The third kappa shape index (κ3) is 5.44. The summed E-state index contributed by atoms with van der Waals surface area (Å²) >= 11 is 7.75. The molecule has 0 aliphatic heterocycles. The molecule has 0 saturated carbocycles. The number of rotatable bonds is 8. The van der Waals surface area contributed by atoms with E-state index in [1.165, 1.54) is 23.5 Å². The Morgan fingerprint density at radius 3 is 2.48 bits per heavy atom. The van der Waals surface area contributed by atoms with Crippen LogP contribution >= 0.6 is 22.9 Å². The monoisotopic (exact) mass is 478 g/mol. The summed E-state index contributed by atoms with van der Waals surface area (Å²) in [7, 11) is -1.53. The summed E-state index contributed by atoms with van der Waals surface area (Å²) in [6, 6.07) is 9.97. The number of hydrogen-bond acceptors (Lipinski definition) is 5. The van der Waals surface area contributed by atoms with Gasteiger partial charge in [0, 0.05) is 22.1 Å². The number of anilines is 1. The number of hydrogen-bond donors (Lipinski definition) is 1. The summed E-state index contributed by atoms with van der Waals surface area (Å²) in [6.45, 7) is 7.86. The van der Waals surface area contributed by atoms with Gasteiger partial charge in [0.2, 0.25) is 4.34 Å². The minimum absolute atomic E-state index is 0.110. The molecule has 1 atom stereocenters. The Morgan fingerprint density at radius 2 is 1.94 bits per heavy atom. The number of carbonyl (C=O) groups is 1. The van der Waals surface area contributed by atoms with Crippen molar-refractivity contribution in [2.45, 2.75) is 44.7 Å². The van der Waals surface area contributed by atoms with Gasteiger partial charge in [0.05, 0.1) is 11.3 Å². The third-order valence-electron chi connectivity index (χ3n) is 4.47. The van der Waals surface area contributed by atoms with Crippen molar-refractivity contribution in [2.24, 2.45) is 0 Å². The summed E-state index contributed by atoms with van der Waals surface area (Å²) < 4.78 is 21.7. The fourth-order valence-electron chi connectivity index (χ4n) is 2.89. The second kappa shape index (κ2) is 9.80. The van der Waals surface area contributed by atoms with E-state index in [4.69, 9.17) is 21.4 Å². The van der Waals surface area contributed by atoms with Crippen LogP contribution in [0.15, 0.2) is 46.1 Å². The highest BCUT2D eigenvalue weighted by molar-refractivity contribution is 7.88. The quantitative estimate of drug-likeness (QED) is 0.454. The van der Waals surface area contributed by atoms with Crippen LogP contribution in [-0.2, 0) is 17.6 Å². The van der Waals surface area contributed by atoms with Crippen molar-refractivity contribution >= 4 is 45.6 Å². The van der Waals surface area contributed by atoms with Gasteiger partial charge in [-0.15, -0.1) is 11.3 Å². The Hall–Kier alpha value is -2.42. The number of aromatic carboxylic acids is 1. The Balaban J connectivity index is 1.94. The van der Waals surface area contributed by atoms with Gasteiger partial charge in [-0.05, 0) is 63.1 Å². The fraction of sp³-hybridized carbons (Fsp3) is 0.273. The maximum absolute atomic E-state index is 13.4. The first kappa shape index (κ1) is 23.2. The average Bonchev–Trinajstić information content (AvgIpc) is 3.16. The van der Waals surface area contributed by atoms with E-state index in [0.717, 1.165) is 16.8 Å². The van der Waals surface area contributed by atoms with Crippen molar-refractivity contribution in [3.8, 4) is 5.75 Å². The molecule has 1 heterocycles. The number of nitrogens with zero attached hydrogens (tertiary/aromatic N) is 2. The van der Waals surface area contributed by atoms with E-state index in [-0.39, 0.29) is 18.2 Å². The molecule has 9 heteroatoms. The number of ether oxygens (including phenoxy) is 1. The first-order valence-corrected chi connectivity index (χ1v) is 11.9. The van der Waals surface area contributed by atoms with Gasteiger partial charge in [-0.3, -0.25) is 4.31 Å². The number of aromatic nitrogens is 1. The maximum Gasteiger partial charge on any atom is 0.335 e. The molecule has 0 bridgehead atoms. The zero-order valence-corrected chi connectivity index (χ0v) is 20.0. The summed E-state index contributed by atoms with van der Waals surface area (Å²) in [6.07, 6.45) is 0. The van der Waals surface area contributed by atoms with Gasteiger partial charge in [0.1, 0.15) is 12.4 Å². The van der Waals surface area contributed by atoms with Crippen LogP contribution in [0.5, 0.6) is 5.75 Å². The van der Waals surface area contributed by atoms with Gasteiger partial charge >= 0.3 is 5.97 Å². The molecule has 0 amide bonds. The molecule has 1 aromatic heterocycles. The van der Waals surface area contributed by atoms with E-state index in [9.17, 15) is 9.00 Å². The molecule has 0 aliphatic rings. The highest BCUT2D eigenvalue weighted by Crippen LogP contribution is 2.38. The minimum Gasteiger partial charge on any atom is -0.487 e. The Bertz CT molecular complexity index is 1110. The van der Waals surface area contributed by atoms with E-state index in [0.29, 0.717) is 20.8 Å². The zero-order valence-electron chi connectivity index (χ0n) is 17.6. The molecule has 2 aromatic carbocycles. The molecule has 3 rings (SSSR count). The smallest absolute Gasteiger partial charge is 0.335 e. The number of benzene rings is 2. The molecule has 1 unspecified atom stereocenters. The first-order chi connectivity index (χ1) is 14.7. The summed E-state index contributed by atoms with van der Waals surface area (Å²) in [4.78, 5) is 15.4. The molecule has 164 valence electrons. The number of carboxylic acid groups (broad SMARTS) is 1. The summed E-state index contributed by atoms with van der Waals surface area (Å²) in [5.41, 5.74) is 3.30. The van der Waals surface area contributed by atoms with Gasteiger partial charge in [-0.25, -0.2) is 14.0 Å². The van der Waals surface area contributed by atoms with Crippen molar-refractivity contribution in [3.05, 3.63) is 69.2 Å². The van der Waals surface area contributed by atoms with E-state index in [2.05, 4.69) is 4.98 Å². The van der Waals surface area contributed by atoms with Crippen LogP contribution in [0, 0.1) is 13.8 Å². The Morgan fingerprint density at radius 1 is 1.26 bits per heavy atom. The molecule has 0 fully saturated rings. The molecule has 0 aliphatic carbocycles. The van der Waals surface area contributed by atoms with E-state index >= 15 is 0 Å². The van der Waals surface area contributed by atoms with Crippen LogP contribution in [0.2, 0.25) is 5.02 Å². The number of thiazole rings is 1. The van der Waals surface area contributed by atoms with E-state index < -0.39 is 17.0 Å². The van der Waals surface area contributed by atoms with Crippen LogP contribution in [0.4, 0.5) is 5.69 Å².